The summed E-state index contributed by atoms with van der Waals surface area (Å²) in [7, 11) is 0. The average Bonchev–Trinajstić information content (AvgIpc) is 2.26. The molecule has 5 nitrogen and oxygen atoms in total. The Morgan fingerprint density at radius 1 is 1.27 bits per heavy atom. The molecule has 0 radical (unpaired) electrons. The number of nitrogens with one attached hydrogen (secondary N) is 2. The second-order valence-corrected chi connectivity index (χ2v) is 2.87. The lowest BCUT2D eigenvalue weighted by Gasteiger charge is -2.06. The van der Waals surface area contributed by atoms with E-state index >= 15 is 0 Å². The van der Waals surface area contributed by atoms with Gasteiger partial charge in [-0.15, -0.1) is 0 Å². The molecule has 0 aliphatic heterocycles. The molecule has 3 N–H and O–H groups in total. The van der Waals surface area contributed by atoms with E-state index < -0.39 is 5.91 Å². The Morgan fingerprint density at radius 2 is 1.93 bits per heavy atom. The van der Waals surface area contributed by atoms with Gasteiger partial charge in [-0.1, -0.05) is 19.1 Å². The van der Waals surface area contributed by atoms with Gasteiger partial charge in [0.25, 0.3) is 5.91 Å². The Kier molecular flexibility index (Phi) is 3.68. The van der Waals surface area contributed by atoms with Gasteiger partial charge in [0.1, 0.15) is 5.75 Å². The number of aromatic hydroxyl groups is 1. The molecule has 0 aromatic heterocycles. The average molecular weight is 208 g/mol. The van der Waals surface area contributed by atoms with Crippen LogP contribution >= 0.6 is 0 Å². The third-order valence-electron chi connectivity index (χ3n) is 1.79. The van der Waals surface area contributed by atoms with Gasteiger partial charge < -0.3 is 5.11 Å². The topological polar surface area (TPSA) is 78.4 Å². The summed E-state index contributed by atoms with van der Waals surface area (Å²) in [6.07, 6.45) is 0.279. The van der Waals surface area contributed by atoms with E-state index in [4.69, 9.17) is 0 Å². The van der Waals surface area contributed by atoms with Crippen molar-refractivity contribution in [1.82, 2.24) is 10.9 Å². The van der Waals surface area contributed by atoms with E-state index in [1.807, 2.05) is 0 Å². The number of rotatable bonds is 2. The smallest absolute Gasteiger partial charge is 0.273 e. The number of para-hydroxylation sites is 1. The minimum atomic E-state index is -0.546. The van der Waals surface area contributed by atoms with Crippen molar-refractivity contribution in [2.24, 2.45) is 0 Å². The van der Waals surface area contributed by atoms with Crippen LogP contribution in [0.3, 0.4) is 0 Å². The fraction of sp³-hybridized carbons (Fsp3) is 0.200. The molecule has 0 unspecified atom stereocenters. The number of carbonyl (C=O) groups is 2. The molecule has 0 aliphatic rings. The minimum Gasteiger partial charge on any atom is -0.507 e. The first-order valence-corrected chi connectivity index (χ1v) is 4.52. The van der Waals surface area contributed by atoms with Crippen molar-refractivity contribution in [2.45, 2.75) is 13.3 Å². The minimum absolute atomic E-state index is 0.119. The van der Waals surface area contributed by atoms with Gasteiger partial charge in [0, 0.05) is 6.42 Å². The molecule has 1 aromatic rings. The molecule has 0 saturated carbocycles. The summed E-state index contributed by atoms with van der Waals surface area (Å²) in [6, 6.07) is 6.09. The monoisotopic (exact) mass is 208 g/mol. The van der Waals surface area contributed by atoms with Crippen LogP contribution in [-0.4, -0.2) is 16.9 Å². The summed E-state index contributed by atoms with van der Waals surface area (Å²) in [4.78, 5) is 22.2. The maximum absolute atomic E-state index is 11.4. The van der Waals surface area contributed by atoms with Crippen molar-refractivity contribution in [2.75, 3.05) is 0 Å². The van der Waals surface area contributed by atoms with Gasteiger partial charge in [-0.3, -0.25) is 20.4 Å². The Morgan fingerprint density at radius 3 is 2.53 bits per heavy atom. The van der Waals surface area contributed by atoms with Crippen LogP contribution in [0.4, 0.5) is 0 Å². The molecule has 0 atom stereocenters. The van der Waals surface area contributed by atoms with Crippen LogP contribution in [-0.2, 0) is 4.79 Å². The van der Waals surface area contributed by atoms with Crippen LogP contribution in [0.2, 0.25) is 0 Å². The number of hydrazine groups is 1. The van der Waals surface area contributed by atoms with Crippen molar-refractivity contribution in [3.63, 3.8) is 0 Å². The highest BCUT2D eigenvalue weighted by Gasteiger charge is 2.09. The summed E-state index contributed by atoms with van der Waals surface area (Å²) in [6.45, 7) is 1.67. The van der Waals surface area contributed by atoms with Crippen LogP contribution in [0.25, 0.3) is 0 Å². The first kappa shape index (κ1) is 11.0. The third kappa shape index (κ3) is 2.98. The van der Waals surface area contributed by atoms with Crippen molar-refractivity contribution >= 4 is 11.8 Å². The first-order valence-electron chi connectivity index (χ1n) is 4.52. The lowest BCUT2D eigenvalue weighted by Crippen LogP contribution is -2.41. The van der Waals surface area contributed by atoms with Gasteiger partial charge in [0.15, 0.2) is 0 Å². The highest BCUT2D eigenvalue weighted by atomic mass is 16.3. The second-order valence-electron chi connectivity index (χ2n) is 2.87. The molecule has 1 aromatic carbocycles. The quantitative estimate of drug-likeness (QED) is 0.621. The van der Waals surface area contributed by atoms with Crippen LogP contribution in [0.15, 0.2) is 24.3 Å². The van der Waals surface area contributed by atoms with Gasteiger partial charge in [-0.25, -0.2) is 0 Å². The van der Waals surface area contributed by atoms with E-state index in [2.05, 4.69) is 10.9 Å². The molecule has 0 spiro atoms. The third-order valence-corrected chi connectivity index (χ3v) is 1.79. The molecule has 0 bridgehead atoms. The van der Waals surface area contributed by atoms with Crippen LogP contribution in [0, 0.1) is 0 Å². The van der Waals surface area contributed by atoms with Gasteiger partial charge >= 0.3 is 0 Å². The fourth-order valence-corrected chi connectivity index (χ4v) is 0.948. The number of carbonyl (C=O) groups excluding carboxylic acids is 2. The first-order chi connectivity index (χ1) is 7.15. The van der Waals surface area contributed by atoms with Gasteiger partial charge in [-0.05, 0) is 12.1 Å². The summed E-state index contributed by atoms with van der Waals surface area (Å²) in [5.74, 6) is -0.964. The van der Waals surface area contributed by atoms with Crippen molar-refractivity contribution in [1.29, 1.82) is 0 Å². The molecule has 0 heterocycles. The molecular formula is C10H12N2O3. The largest absolute Gasteiger partial charge is 0.507 e. The molecule has 0 saturated heterocycles. The summed E-state index contributed by atoms with van der Waals surface area (Å²) >= 11 is 0. The van der Waals surface area contributed by atoms with Gasteiger partial charge in [0.05, 0.1) is 5.56 Å². The van der Waals surface area contributed by atoms with E-state index in [1.165, 1.54) is 12.1 Å². The van der Waals surface area contributed by atoms with E-state index in [0.717, 1.165) is 0 Å². The number of benzene rings is 1. The van der Waals surface area contributed by atoms with Crippen LogP contribution in [0.5, 0.6) is 5.75 Å². The summed E-state index contributed by atoms with van der Waals surface area (Å²) < 4.78 is 0. The number of amides is 2. The standard InChI is InChI=1S/C10H12N2O3/c1-2-9(14)11-12-10(15)7-5-3-4-6-8(7)13/h3-6,13H,2H2,1H3,(H,11,14)(H,12,15). The van der Waals surface area contributed by atoms with E-state index in [1.54, 1.807) is 19.1 Å². The van der Waals surface area contributed by atoms with E-state index in [0.29, 0.717) is 0 Å². The number of hydrogen-bond donors (Lipinski definition) is 3. The molecule has 0 aliphatic carbocycles. The van der Waals surface area contributed by atoms with Crippen LogP contribution < -0.4 is 10.9 Å². The number of phenolic OH excluding ortho intramolecular Hbond substituents is 1. The van der Waals surface area contributed by atoms with Crippen molar-refractivity contribution in [3.8, 4) is 5.75 Å². The molecule has 0 fully saturated rings. The lowest BCUT2D eigenvalue weighted by molar-refractivity contribution is -0.121. The lowest BCUT2D eigenvalue weighted by atomic mass is 10.2. The number of phenols is 1. The van der Waals surface area contributed by atoms with Crippen LogP contribution in [0.1, 0.15) is 23.7 Å². The number of hydrogen-bond acceptors (Lipinski definition) is 3. The SMILES string of the molecule is CCC(=O)NNC(=O)c1ccccc1O. The fourth-order valence-electron chi connectivity index (χ4n) is 0.948. The summed E-state index contributed by atoms with van der Waals surface area (Å²) in [5.41, 5.74) is 4.52. The molecule has 80 valence electrons. The highest BCUT2D eigenvalue weighted by Crippen LogP contribution is 2.14. The zero-order valence-corrected chi connectivity index (χ0v) is 8.28. The normalized spacial score (nSPS) is 9.40. The predicted molar refractivity (Wildman–Crippen MR) is 54.0 cm³/mol. The maximum atomic E-state index is 11.4. The molecule has 1 rings (SSSR count). The Labute approximate surface area is 87.1 Å². The van der Waals surface area contributed by atoms with Crippen molar-refractivity contribution in [3.05, 3.63) is 29.8 Å². The Balaban J connectivity index is 2.62. The van der Waals surface area contributed by atoms with E-state index in [-0.39, 0.29) is 23.6 Å². The second kappa shape index (κ2) is 4.99. The Bertz CT molecular complexity index is 377. The van der Waals surface area contributed by atoms with Gasteiger partial charge in [-0.2, -0.15) is 0 Å². The highest BCUT2D eigenvalue weighted by molar-refractivity contribution is 5.97. The van der Waals surface area contributed by atoms with E-state index in [9.17, 15) is 14.7 Å². The maximum Gasteiger partial charge on any atom is 0.273 e. The zero-order chi connectivity index (χ0) is 11.3. The molecule has 15 heavy (non-hydrogen) atoms. The molecule has 5 heteroatoms. The predicted octanol–water partition coefficient (Wildman–Crippen LogP) is 0.563. The molecular weight excluding hydrogens is 196 g/mol. The van der Waals surface area contributed by atoms with Gasteiger partial charge in [0.2, 0.25) is 5.91 Å². The molecule has 2 amide bonds. The Hall–Kier alpha value is -2.04. The zero-order valence-electron chi connectivity index (χ0n) is 8.28. The van der Waals surface area contributed by atoms with Crippen molar-refractivity contribution < 1.29 is 14.7 Å². The summed E-state index contributed by atoms with van der Waals surface area (Å²) in [5, 5.41) is 9.33.